The normalized spacial score (nSPS) is 22.3. The number of benzene rings is 2. The summed E-state index contributed by atoms with van der Waals surface area (Å²) < 4.78 is 57.3. The maximum absolute atomic E-state index is 14.2. The number of hydrogen-bond donors (Lipinski definition) is 3. The molecule has 3 aliphatic heterocycles. The molecule has 45 heavy (non-hydrogen) atoms. The largest absolute Gasteiger partial charge is 0.454 e. The molecule has 0 unspecified atom stereocenters. The maximum Gasteiger partial charge on any atom is 0.407 e. The fraction of sp³-hybridized carbons (Fsp3) is 0.594. The molecule has 0 aliphatic carbocycles. The zero-order valence-corrected chi connectivity index (χ0v) is 26.7. The average molecular weight is 648 g/mol. The van der Waals surface area contributed by atoms with Crippen molar-refractivity contribution < 1.29 is 42.0 Å². The Morgan fingerprint density at radius 2 is 1.91 bits per heavy atom. The van der Waals surface area contributed by atoms with Crippen LogP contribution in [0.1, 0.15) is 45.1 Å². The molecule has 2 aromatic rings. The second-order valence-corrected chi connectivity index (χ2v) is 14.6. The number of carbonyl (C=O) groups excluding carboxylic acids is 1. The van der Waals surface area contributed by atoms with Gasteiger partial charge in [-0.3, -0.25) is 0 Å². The first-order valence-corrected chi connectivity index (χ1v) is 17.0. The Morgan fingerprint density at radius 3 is 2.69 bits per heavy atom. The number of unbranched alkanes of at least 4 members (excludes halogenated alkanes) is 1. The monoisotopic (exact) mass is 647 g/mol. The number of carbonyl (C=O) groups is 1. The van der Waals surface area contributed by atoms with Gasteiger partial charge >= 0.3 is 6.09 Å². The van der Waals surface area contributed by atoms with Gasteiger partial charge in [-0.25, -0.2) is 13.2 Å². The summed E-state index contributed by atoms with van der Waals surface area (Å²) in [7, 11) is -4.11. The van der Waals surface area contributed by atoms with Gasteiger partial charge in [0.25, 0.3) is 0 Å². The maximum atomic E-state index is 14.2. The fourth-order valence-electron chi connectivity index (χ4n) is 6.10. The van der Waals surface area contributed by atoms with Crippen molar-refractivity contribution in [1.82, 2.24) is 9.62 Å². The summed E-state index contributed by atoms with van der Waals surface area (Å²) in [6.07, 6.45) is 0.559. The Balaban J connectivity index is 1.37. The molecule has 0 spiro atoms. The van der Waals surface area contributed by atoms with Gasteiger partial charge in [-0.1, -0.05) is 50.6 Å². The summed E-state index contributed by atoms with van der Waals surface area (Å²) in [6, 6.07) is 13.0. The average Bonchev–Trinajstić information content (AvgIpc) is 3.75. The van der Waals surface area contributed by atoms with Crippen LogP contribution in [-0.4, -0.2) is 88.1 Å². The quantitative estimate of drug-likeness (QED) is 0.245. The Bertz CT molecular complexity index is 1390. The highest BCUT2D eigenvalue weighted by atomic mass is 32.2. The van der Waals surface area contributed by atoms with Gasteiger partial charge in [-0.05, 0) is 55.3 Å². The number of nitrogens with zero attached hydrogens (tertiary/aromatic N) is 1. The van der Waals surface area contributed by atoms with Crippen molar-refractivity contribution >= 4 is 16.1 Å². The van der Waals surface area contributed by atoms with Gasteiger partial charge < -0.3 is 39.8 Å². The standard InChI is InChI=1S/C32H45N3O9S/c1-32(2,13-6-7-14-33)20-35(45(38,39)23-10-11-27-28(17-23)43-21-42-27)18-26(36)25(16-22-8-4-3-5-9-22)34-31(37)44-29-19-41-30-24(29)12-15-40-30/h3-5,8-11,17,24-26,29-30,36H,6-7,12-16,18-21,33H2,1-2H3,(H,34,37)/t24-,25-,26-,29-,30+/m0/s1. The van der Waals surface area contributed by atoms with Gasteiger partial charge in [0.05, 0.1) is 36.2 Å². The van der Waals surface area contributed by atoms with E-state index in [1.807, 2.05) is 44.2 Å². The number of sulfonamides is 1. The molecule has 2 aromatic carbocycles. The van der Waals surface area contributed by atoms with E-state index in [1.54, 1.807) is 6.07 Å². The first-order chi connectivity index (χ1) is 21.6. The number of ether oxygens (including phenoxy) is 5. The van der Waals surface area contributed by atoms with Crippen LogP contribution in [0.2, 0.25) is 0 Å². The number of rotatable bonds is 15. The molecule has 13 heteroatoms. The van der Waals surface area contributed by atoms with E-state index in [-0.39, 0.29) is 50.0 Å². The highest BCUT2D eigenvalue weighted by Gasteiger charge is 2.44. The van der Waals surface area contributed by atoms with Gasteiger partial charge in [0, 0.05) is 19.2 Å². The van der Waals surface area contributed by atoms with Crippen molar-refractivity contribution in [2.45, 2.75) is 75.4 Å². The molecule has 3 heterocycles. The number of fused-ring (bicyclic) bond motifs is 2. The Kier molecular flexibility index (Phi) is 10.9. The zero-order valence-electron chi connectivity index (χ0n) is 25.9. The van der Waals surface area contributed by atoms with E-state index >= 15 is 0 Å². The number of hydrogen-bond acceptors (Lipinski definition) is 10. The van der Waals surface area contributed by atoms with Gasteiger partial charge in [0.15, 0.2) is 17.8 Å². The number of aliphatic hydroxyl groups is 1. The Morgan fingerprint density at radius 1 is 1.13 bits per heavy atom. The lowest BCUT2D eigenvalue weighted by atomic mass is 9.87. The third-order valence-corrected chi connectivity index (χ3v) is 10.4. The summed E-state index contributed by atoms with van der Waals surface area (Å²) in [5.41, 5.74) is 6.14. The smallest absolute Gasteiger partial charge is 0.407 e. The SMILES string of the molecule is CC(C)(CCCCN)CN(C[C@H](O)[C@H](Cc1ccccc1)NC(=O)O[C@H]1CO[C@H]2OCC[C@H]21)S(=O)(=O)c1ccc2c(c1)OCO2. The predicted octanol–water partition coefficient (Wildman–Crippen LogP) is 3.02. The van der Waals surface area contributed by atoms with Crippen molar-refractivity contribution in [1.29, 1.82) is 0 Å². The lowest BCUT2D eigenvalue weighted by Gasteiger charge is -2.35. The number of aliphatic hydroxyl groups excluding tert-OH is 1. The van der Waals surface area contributed by atoms with E-state index in [2.05, 4.69) is 5.32 Å². The van der Waals surface area contributed by atoms with E-state index in [9.17, 15) is 18.3 Å². The Labute approximate surface area is 265 Å². The molecule has 248 valence electrons. The van der Waals surface area contributed by atoms with Gasteiger partial charge in [0.2, 0.25) is 16.8 Å². The molecule has 1 amide bonds. The molecule has 5 rings (SSSR count). The molecule has 5 atom stereocenters. The first kappa shape index (κ1) is 33.4. The molecule has 2 fully saturated rings. The van der Waals surface area contributed by atoms with Crippen LogP contribution < -0.4 is 20.5 Å². The van der Waals surface area contributed by atoms with E-state index < -0.39 is 39.8 Å². The van der Waals surface area contributed by atoms with E-state index in [1.165, 1.54) is 16.4 Å². The minimum Gasteiger partial charge on any atom is -0.454 e. The van der Waals surface area contributed by atoms with Crippen LogP contribution in [0, 0.1) is 11.3 Å². The van der Waals surface area contributed by atoms with E-state index in [0.717, 1.165) is 31.2 Å². The van der Waals surface area contributed by atoms with Crippen molar-refractivity contribution in [2.75, 3.05) is 39.6 Å². The number of nitrogens with two attached hydrogens (primary N) is 1. The number of amides is 1. The molecule has 3 aliphatic rings. The molecule has 12 nitrogen and oxygen atoms in total. The molecular weight excluding hydrogens is 602 g/mol. The summed E-state index contributed by atoms with van der Waals surface area (Å²) in [6.45, 7) is 5.21. The minimum atomic E-state index is -4.11. The van der Waals surface area contributed by atoms with Gasteiger partial charge in [-0.15, -0.1) is 0 Å². The highest BCUT2D eigenvalue weighted by molar-refractivity contribution is 7.89. The summed E-state index contributed by atoms with van der Waals surface area (Å²) >= 11 is 0. The first-order valence-electron chi connectivity index (χ1n) is 15.6. The second-order valence-electron chi connectivity index (χ2n) is 12.7. The van der Waals surface area contributed by atoms with Crippen LogP contribution >= 0.6 is 0 Å². The zero-order chi connectivity index (χ0) is 32.0. The van der Waals surface area contributed by atoms with Crippen LogP contribution in [0.4, 0.5) is 4.79 Å². The molecule has 4 N–H and O–H groups in total. The van der Waals surface area contributed by atoms with Crippen LogP contribution in [0.25, 0.3) is 0 Å². The van der Waals surface area contributed by atoms with Crippen LogP contribution in [-0.2, 0) is 30.7 Å². The van der Waals surface area contributed by atoms with E-state index in [0.29, 0.717) is 24.7 Å². The van der Waals surface area contributed by atoms with Crippen molar-refractivity contribution in [3.63, 3.8) is 0 Å². The van der Waals surface area contributed by atoms with Crippen molar-refractivity contribution in [3.05, 3.63) is 54.1 Å². The van der Waals surface area contributed by atoms with Gasteiger partial charge in [0.1, 0.15) is 6.10 Å². The summed E-state index contributed by atoms with van der Waals surface area (Å²) in [5, 5.41) is 14.5. The van der Waals surface area contributed by atoms with E-state index in [4.69, 9.17) is 29.4 Å². The van der Waals surface area contributed by atoms with Crippen molar-refractivity contribution in [2.24, 2.45) is 17.1 Å². The molecule has 0 saturated carbocycles. The Hall–Kier alpha value is -2.94. The second kappa shape index (κ2) is 14.7. The molecular formula is C32H45N3O9S. The lowest BCUT2D eigenvalue weighted by molar-refractivity contribution is -0.0907. The van der Waals surface area contributed by atoms with Gasteiger partial charge in [-0.2, -0.15) is 4.31 Å². The van der Waals surface area contributed by atoms with Crippen molar-refractivity contribution in [3.8, 4) is 11.5 Å². The lowest BCUT2D eigenvalue weighted by Crippen LogP contribution is -2.52. The molecule has 0 bridgehead atoms. The highest BCUT2D eigenvalue weighted by Crippen LogP contribution is 2.36. The topological polar surface area (TPSA) is 159 Å². The number of nitrogens with one attached hydrogen (secondary N) is 1. The minimum absolute atomic E-state index is 0.0137. The summed E-state index contributed by atoms with van der Waals surface area (Å²) in [5.74, 6) is 0.768. The molecule has 0 radical (unpaired) electrons. The van der Waals surface area contributed by atoms with Crippen LogP contribution in [0.15, 0.2) is 53.4 Å². The summed E-state index contributed by atoms with van der Waals surface area (Å²) in [4.78, 5) is 13.2. The molecule has 2 saturated heterocycles. The third kappa shape index (κ3) is 8.46. The molecule has 0 aromatic heterocycles. The third-order valence-electron chi connectivity index (χ3n) is 8.59. The van der Waals surface area contributed by atoms with Crippen LogP contribution in [0.5, 0.6) is 11.5 Å². The van der Waals surface area contributed by atoms with Crippen LogP contribution in [0.3, 0.4) is 0 Å². The predicted molar refractivity (Wildman–Crippen MR) is 165 cm³/mol. The fourth-order valence-corrected chi connectivity index (χ4v) is 7.76. The number of alkyl carbamates (subject to hydrolysis) is 1.